The molecule has 0 saturated carbocycles. The molecule has 21 heavy (non-hydrogen) atoms. The zero-order valence-corrected chi connectivity index (χ0v) is 13.6. The van der Waals surface area contributed by atoms with Gasteiger partial charge in [0, 0.05) is 18.0 Å². The van der Waals surface area contributed by atoms with E-state index in [4.69, 9.17) is 27.9 Å². The normalized spacial score (nSPS) is 18.7. The summed E-state index contributed by atoms with van der Waals surface area (Å²) < 4.78 is 17.4. The maximum Gasteiger partial charge on any atom is 0.217 e. The number of aryl methyl sites for hydroxylation is 1. The first-order valence-corrected chi connectivity index (χ1v) is 8.80. The molecule has 0 unspecified atom stereocenters. The fourth-order valence-corrected chi connectivity index (χ4v) is 3.16. The van der Waals surface area contributed by atoms with E-state index < -0.39 is 10.8 Å². The van der Waals surface area contributed by atoms with Gasteiger partial charge in [-0.1, -0.05) is 29.3 Å². The van der Waals surface area contributed by atoms with E-state index >= 15 is 0 Å². The Morgan fingerprint density at radius 3 is 2.81 bits per heavy atom. The van der Waals surface area contributed by atoms with Gasteiger partial charge in [-0.25, -0.2) is 4.98 Å². The minimum Gasteiger partial charge on any atom is -0.469 e. The van der Waals surface area contributed by atoms with E-state index in [1.165, 1.54) is 0 Å². The molecule has 0 spiro atoms. The predicted octanol–water partition coefficient (Wildman–Crippen LogP) is 4.19. The monoisotopic (exact) mass is 341 g/mol. The number of hydrogen-bond donors (Lipinski definition) is 0. The summed E-state index contributed by atoms with van der Waals surface area (Å²) in [5.74, 6) is 0.603. The second-order valence-corrected chi connectivity index (χ2v) is 7.10. The number of hydrogen-bond acceptors (Lipinski definition) is 3. The van der Waals surface area contributed by atoms with Gasteiger partial charge < -0.3 is 4.74 Å². The van der Waals surface area contributed by atoms with Crippen LogP contribution >= 0.6 is 23.2 Å². The van der Waals surface area contributed by atoms with Crippen molar-refractivity contribution in [2.75, 3.05) is 6.26 Å². The number of rotatable bonds is 2. The van der Waals surface area contributed by atoms with Crippen LogP contribution in [0.4, 0.5) is 0 Å². The summed E-state index contributed by atoms with van der Waals surface area (Å²) in [5, 5.41) is 1.05. The molecular weight excluding hydrogens is 329 g/mol. The molecule has 0 fully saturated rings. The van der Waals surface area contributed by atoms with Gasteiger partial charge in [-0.15, -0.1) is 0 Å². The van der Waals surface area contributed by atoms with Crippen LogP contribution in [0.1, 0.15) is 23.7 Å². The summed E-state index contributed by atoms with van der Waals surface area (Å²) in [5.41, 5.74) is 1.99. The van der Waals surface area contributed by atoms with Crippen molar-refractivity contribution in [2.45, 2.75) is 23.8 Å². The highest BCUT2D eigenvalue weighted by atomic mass is 35.5. The molecule has 1 aromatic heterocycles. The molecule has 110 valence electrons. The molecule has 0 saturated heterocycles. The molecule has 0 amide bonds. The highest BCUT2D eigenvalue weighted by Crippen LogP contribution is 2.35. The van der Waals surface area contributed by atoms with Crippen LogP contribution in [0.2, 0.25) is 10.0 Å². The van der Waals surface area contributed by atoms with E-state index in [1.54, 1.807) is 18.5 Å². The minimum absolute atomic E-state index is 0.0854. The molecule has 1 aliphatic heterocycles. The van der Waals surface area contributed by atoms with Crippen molar-refractivity contribution in [1.29, 1.82) is 0 Å². The second-order valence-electron chi connectivity index (χ2n) is 4.91. The number of fused-ring (bicyclic) bond motifs is 1. The van der Waals surface area contributed by atoms with Crippen LogP contribution in [0.15, 0.2) is 35.4 Å². The average Bonchev–Trinajstić information content (AvgIpc) is 2.49. The maximum absolute atomic E-state index is 11.5. The number of aromatic nitrogens is 1. The smallest absolute Gasteiger partial charge is 0.217 e. The van der Waals surface area contributed by atoms with Crippen molar-refractivity contribution in [3.63, 3.8) is 0 Å². The summed E-state index contributed by atoms with van der Waals surface area (Å²) in [7, 11) is -1.03. The summed E-state index contributed by atoms with van der Waals surface area (Å²) in [6.07, 6.45) is 4.82. The fraction of sp³-hybridized carbons (Fsp3) is 0.267. The van der Waals surface area contributed by atoms with Gasteiger partial charge in [-0.05, 0) is 36.6 Å². The van der Waals surface area contributed by atoms with Gasteiger partial charge in [-0.3, -0.25) is 4.21 Å². The van der Waals surface area contributed by atoms with Gasteiger partial charge in [0.1, 0.15) is 6.10 Å². The predicted molar refractivity (Wildman–Crippen MR) is 84.7 cm³/mol. The second kappa shape index (κ2) is 5.95. The molecule has 2 heterocycles. The van der Waals surface area contributed by atoms with Gasteiger partial charge in [-0.2, -0.15) is 0 Å². The lowest BCUT2D eigenvalue weighted by Gasteiger charge is -2.25. The maximum atomic E-state index is 11.5. The molecular formula is C15H13Cl2NO2S. The molecule has 0 N–H and O–H groups in total. The van der Waals surface area contributed by atoms with Crippen LogP contribution in [-0.2, 0) is 17.2 Å². The summed E-state index contributed by atoms with van der Waals surface area (Å²) in [4.78, 5) is 5.01. The number of halogens is 2. The Hall–Kier alpha value is -1.10. The zero-order valence-electron chi connectivity index (χ0n) is 11.3. The third kappa shape index (κ3) is 3.07. The molecule has 6 heteroatoms. The topological polar surface area (TPSA) is 39.2 Å². The Balaban J connectivity index is 1.87. The van der Waals surface area contributed by atoms with E-state index in [0.29, 0.717) is 15.9 Å². The zero-order chi connectivity index (χ0) is 15.0. The minimum atomic E-state index is -1.03. The van der Waals surface area contributed by atoms with E-state index in [0.717, 1.165) is 28.9 Å². The van der Waals surface area contributed by atoms with E-state index in [1.807, 2.05) is 18.2 Å². The number of ether oxygens (including phenoxy) is 1. The van der Waals surface area contributed by atoms with Crippen LogP contribution in [0.25, 0.3) is 0 Å². The Bertz CT molecular complexity index is 721. The first-order valence-electron chi connectivity index (χ1n) is 6.48. The van der Waals surface area contributed by atoms with E-state index in [-0.39, 0.29) is 6.10 Å². The van der Waals surface area contributed by atoms with Crippen molar-refractivity contribution < 1.29 is 8.95 Å². The Kier molecular flexibility index (Phi) is 4.20. The fourth-order valence-electron chi connectivity index (χ4n) is 2.35. The highest BCUT2D eigenvalue weighted by Gasteiger charge is 2.23. The van der Waals surface area contributed by atoms with Crippen molar-refractivity contribution in [2.24, 2.45) is 0 Å². The molecule has 2 aromatic rings. The third-order valence-electron chi connectivity index (χ3n) is 3.48. The van der Waals surface area contributed by atoms with Gasteiger partial charge in [0.2, 0.25) is 5.88 Å². The number of nitrogens with zero attached hydrogens (tertiary/aromatic N) is 1. The van der Waals surface area contributed by atoms with Crippen molar-refractivity contribution in [3.05, 3.63) is 51.6 Å². The van der Waals surface area contributed by atoms with Crippen molar-refractivity contribution >= 4 is 34.0 Å². The lowest BCUT2D eigenvalue weighted by atomic mass is 9.99. The Morgan fingerprint density at radius 1 is 1.29 bits per heavy atom. The highest BCUT2D eigenvalue weighted by molar-refractivity contribution is 7.84. The van der Waals surface area contributed by atoms with Crippen LogP contribution in [0.5, 0.6) is 5.88 Å². The summed E-state index contributed by atoms with van der Waals surface area (Å²) in [6, 6.07) is 7.42. The standard InChI is InChI=1S/C15H13Cl2NO2S/c1-21(19)11-6-10-3-5-14(20-15(10)18-8-11)9-2-4-12(16)13(17)7-9/h2,4,6-8,14H,3,5H2,1H3/t14-,21-/m1/s1. The van der Waals surface area contributed by atoms with E-state index in [2.05, 4.69) is 4.98 Å². The SMILES string of the molecule is C[S@@](=O)c1cnc2c(c1)CC[C@H](c1ccc(Cl)c(Cl)c1)O2. The van der Waals surface area contributed by atoms with Gasteiger partial charge in [0.25, 0.3) is 0 Å². The molecule has 0 radical (unpaired) electrons. The molecule has 1 aromatic carbocycles. The van der Waals surface area contributed by atoms with Crippen LogP contribution < -0.4 is 4.74 Å². The summed E-state index contributed by atoms with van der Waals surface area (Å²) >= 11 is 12.0. The first-order chi connectivity index (χ1) is 10.0. The lowest BCUT2D eigenvalue weighted by Crippen LogP contribution is -2.16. The molecule has 2 atom stereocenters. The number of pyridine rings is 1. The first kappa shape index (κ1) is 14.8. The van der Waals surface area contributed by atoms with Gasteiger partial charge >= 0.3 is 0 Å². The summed E-state index contributed by atoms with van der Waals surface area (Å²) in [6.45, 7) is 0. The molecule has 1 aliphatic rings. The van der Waals surface area contributed by atoms with Crippen LogP contribution in [-0.4, -0.2) is 15.4 Å². The van der Waals surface area contributed by atoms with E-state index in [9.17, 15) is 4.21 Å². The molecule has 3 rings (SSSR count). The van der Waals surface area contributed by atoms with Crippen LogP contribution in [0.3, 0.4) is 0 Å². The van der Waals surface area contributed by atoms with Crippen molar-refractivity contribution in [3.8, 4) is 5.88 Å². The van der Waals surface area contributed by atoms with Crippen molar-refractivity contribution in [1.82, 2.24) is 4.98 Å². The van der Waals surface area contributed by atoms with Gasteiger partial charge in [0.15, 0.2) is 0 Å². The number of benzene rings is 1. The lowest BCUT2D eigenvalue weighted by molar-refractivity contribution is 0.167. The quantitative estimate of drug-likeness (QED) is 0.821. The Labute approximate surface area is 135 Å². The molecule has 0 bridgehead atoms. The largest absolute Gasteiger partial charge is 0.469 e. The molecule has 3 nitrogen and oxygen atoms in total. The average molecular weight is 342 g/mol. The third-order valence-corrected chi connectivity index (χ3v) is 5.10. The van der Waals surface area contributed by atoms with Gasteiger partial charge in [0.05, 0.1) is 25.7 Å². The Morgan fingerprint density at radius 2 is 2.10 bits per heavy atom. The van der Waals surface area contributed by atoms with Crippen LogP contribution in [0, 0.1) is 0 Å². The molecule has 0 aliphatic carbocycles.